The summed E-state index contributed by atoms with van der Waals surface area (Å²) >= 11 is 2.02. The SMILES string of the molecule is O=C(Nc1nnc(-c2ccc(C(F)(F)F)cc2)o1)c1ccccc1I. The van der Waals surface area contributed by atoms with Gasteiger partial charge >= 0.3 is 12.2 Å². The number of aromatic nitrogens is 2. The summed E-state index contributed by atoms with van der Waals surface area (Å²) in [6.07, 6.45) is -4.42. The van der Waals surface area contributed by atoms with Crippen molar-refractivity contribution < 1.29 is 22.4 Å². The van der Waals surface area contributed by atoms with Crippen molar-refractivity contribution in [1.82, 2.24) is 10.2 Å². The van der Waals surface area contributed by atoms with E-state index in [1.807, 2.05) is 22.6 Å². The Morgan fingerprint density at radius 3 is 2.36 bits per heavy atom. The fraction of sp³-hybridized carbons (Fsp3) is 0.0625. The van der Waals surface area contributed by atoms with Crippen LogP contribution in [0.25, 0.3) is 11.5 Å². The zero-order valence-electron chi connectivity index (χ0n) is 12.3. The van der Waals surface area contributed by atoms with Gasteiger partial charge in [-0.05, 0) is 59.0 Å². The first-order chi connectivity index (χ1) is 11.8. The molecule has 1 aromatic heterocycles. The Hall–Kier alpha value is -2.43. The van der Waals surface area contributed by atoms with Gasteiger partial charge in [0.1, 0.15) is 0 Å². The second-order valence-electron chi connectivity index (χ2n) is 4.92. The lowest BCUT2D eigenvalue weighted by Gasteiger charge is -2.05. The van der Waals surface area contributed by atoms with Crippen LogP contribution in [0.15, 0.2) is 52.9 Å². The molecule has 25 heavy (non-hydrogen) atoms. The standard InChI is InChI=1S/C16H9F3IN3O2/c17-16(18,19)10-7-5-9(6-8-10)14-22-23-15(25-14)21-13(24)11-3-1-2-4-12(11)20/h1-8H,(H,21,23,24). The molecule has 0 aliphatic carbocycles. The number of nitrogens with zero attached hydrogens (tertiary/aromatic N) is 2. The highest BCUT2D eigenvalue weighted by Gasteiger charge is 2.30. The number of alkyl halides is 3. The van der Waals surface area contributed by atoms with Crippen LogP contribution >= 0.6 is 22.6 Å². The van der Waals surface area contributed by atoms with Crippen molar-refractivity contribution in [2.45, 2.75) is 6.18 Å². The normalized spacial score (nSPS) is 11.4. The Morgan fingerprint density at radius 2 is 1.72 bits per heavy atom. The molecule has 0 spiro atoms. The van der Waals surface area contributed by atoms with Gasteiger partial charge in [-0.15, -0.1) is 5.10 Å². The van der Waals surface area contributed by atoms with E-state index in [0.717, 1.165) is 15.7 Å². The number of benzene rings is 2. The van der Waals surface area contributed by atoms with Crippen LogP contribution in [-0.2, 0) is 6.18 Å². The third kappa shape index (κ3) is 3.98. The molecule has 0 atom stereocenters. The number of anilines is 1. The van der Waals surface area contributed by atoms with Crippen molar-refractivity contribution in [2.75, 3.05) is 5.32 Å². The molecule has 0 saturated carbocycles. The molecule has 1 amide bonds. The molecule has 9 heteroatoms. The molecule has 0 bridgehead atoms. The third-order valence-corrected chi connectivity index (χ3v) is 4.16. The molecular weight excluding hydrogens is 450 g/mol. The van der Waals surface area contributed by atoms with Crippen LogP contribution in [-0.4, -0.2) is 16.1 Å². The van der Waals surface area contributed by atoms with Gasteiger partial charge in [0.2, 0.25) is 5.89 Å². The maximum Gasteiger partial charge on any atom is 0.416 e. The van der Waals surface area contributed by atoms with E-state index in [2.05, 4.69) is 15.5 Å². The number of carbonyl (C=O) groups is 1. The smallest absolute Gasteiger partial charge is 0.403 e. The van der Waals surface area contributed by atoms with Gasteiger partial charge in [-0.2, -0.15) is 13.2 Å². The summed E-state index contributed by atoms with van der Waals surface area (Å²) in [4.78, 5) is 12.2. The molecule has 5 nitrogen and oxygen atoms in total. The number of hydrogen-bond acceptors (Lipinski definition) is 4. The van der Waals surface area contributed by atoms with Crippen LogP contribution < -0.4 is 5.32 Å². The van der Waals surface area contributed by atoms with Gasteiger partial charge in [0.25, 0.3) is 5.91 Å². The zero-order valence-corrected chi connectivity index (χ0v) is 14.5. The van der Waals surface area contributed by atoms with E-state index in [1.165, 1.54) is 12.1 Å². The molecule has 3 aromatic rings. The van der Waals surface area contributed by atoms with Crippen LogP contribution in [0.3, 0.4) is 0 Å². The largest absolute Gasteiger partial charge is 0.416 e. The average molecular weight is 459 g/mol. The molecule has 0 aliphatic heterocycles. The van der Waals surface area contributed by atoms with Gasteiger partial charge in [-0.1, -0.05) is 17.2 Å². The van der Waals surface area contributed by atoms with E-state index in [-0.39, 0.29) is 11.9 Å². The molecular formula is C16H9F3IN3O2. The zero-order chi connectivity index (χ0) is 18.0. The Bertz CT molecular complexity index is 907. The summed E-state index contributed by atoms with van der Waals surface area (Å²) in [5.74, 6) is -0.417. The third-order valence-electron chi connectivity index (χ3n) is 3.22. The fourth-order valence-electron chi connectivity index (χ4n) is 2.00. The van der Waals surface area contributed by atoms with E-state index >= 15 is 0 Å². The highest BCUT2D eigenvalue weighted by molar-refractivity contribution is 14.1. The van der Waals surface area contributed by atoms with Crippen LogP contribution in [0.1, 0.15) is 15.9 Å². The van der Waals surface area contributed by atoms with Crippen molar-refractivity contribution in [1.29, 1.82) is 0 Å². The first-order valence-electron chi connectivity index (χ1n) is 6.91. The summed E-state index contributed by atoms with van der Waals surface area (Å²) in [5.41, 5.74) is -0.0179. The number of carbonyl (C=O) groups excluding carboxylic acids is 1. The summed E-state index contributed by atoms with van der Waals surface area (Å²) in [6.45, 7) is 0. The molecule has 0 radical (unpaired) electrons. The molecule has 128 valence electrons. The Kier molecular flexibility index (Phi) is 4.75. The Labute approximate surface area is 153 Å². The number of halogens is 4. The maximum absolute atomic E-state index is 12.6. The molecule has 1 heterocycles. The van der Waals surface area contributed by atoms with Gasteiger partial charge < -0.3 is 4.42 Å². The minimum absolute atomic E-state index is 0.00628. The van der Waals surface area contributed by atoms with Gasteiger partial charge in [0, 0.05) is 9.13 Å². The maximum atomic E-state index is 12.6. The highest BCUT2D eigenvalue weighted by Crippen LogP contribution is 2.31. The van der Waals surface area contributed by atoms with E-state index in [1.54, 1.807) is 24.3 Å². The molecule has 0 unspecified atom stereocenters. The second kappa shape index (κ2) is 6.82. The highest BCUT2D eigenvalue weighted by atomic mass is 127. The summed E-state index contributed by atoms with van der Waals surface area (Å²) in [6, 6.07) is 11.1. The molecule has 0 saturated heterocycles. The van der Waals surface area contributed by atoms with Crippen LogP contribution in [0.2, 0.25) is 0 Å². The monoisotopic (exact) mass is 459 g/mol. The van der Waals surface area contributed by atoms with Crippen molar-refractivity contribution in [3.8, 4) is 11.5 Å². The predicted molar refractivity (Wildman–Crippen MR) is 91.8 cm³/mol. The topological polar surface area (TPSA) is 68.0 Å². The van der Waals surface area contributed by atoms with Crippen LogP contribution in [0.4, 0.5) is 19.2 Å². The number of amides is 1. The van der Waals surface area contributed by atoms with Gasteiger partial charge in [0.05, 0.1) is 11.1 Å². The number of rotatable bonds is 3. The first kappa shape index (κ1) is 17.4. The summed E-state index contributed by atoms with van der Waals surface area (Å²) in [7, 11) is 0. The van der Waals surface area contributed by atoms with Crippen molar-refractivity contribution in [2.24, 2.45) is 0 Å². The lowest BCUT2D eigenvalue weighted by Crippen LogP contribution is -2.13. The minimum atomic E-state index is -4.42. The lowest BCUT2D eigenvalue weighted by atomic mass is 10.1. The van der Waals surface area contributed by atoms with E-state index < -0.39 is 17.6 Å². The van der Waals surface area contributed by atoms with E-state index in [4.69, 9.17) is 4.42 Å². The first-order valence-corrected chi connectivity index (χ1v) is 7.99. The van der Waals surface area contributed by atoms with Crippen LogP contribution in [0.5, 0.6) is 0 Å². The quantitative estimate of drug-likeness (QED) is 0.581. The van der Waals surface area contributed by atoms with Crippen molar-refractivity contribution in [3.63, 3.8) is 0 Å². The second-order valence-corrected chi connectivity index (χ2v) is 6.08. The van der Waals surface area contributed by atoms with Gasteiger partial charge in [0.15, 0.2) is 0 Å². The van der Waals surface area contributed by atoms with E-state index in [9.17, 15) is 18.0 Å². The van der Waals surface area contributed by atoms with Crippen molar-refractivity contribution in [3.05, 3.63) is 63.2 Å². The molecule has 0 fully saturated rings. The predicted octanol–water partition coefficient (Wildman–Crippen LogP) is 4.61. The fourth-order valence-corrected chi connectivity index (χ4v) is 2.63. The Morgan fingerprint density at radius 1 is 1.04 bits per heavy atom. The van der Waals surface area contributed by atoms with Gasteiger partial charge in [-0.3, -0.25) is 10.1 Å². The molecule has 1 N–H and O–H groups in total. The molecule has 3 rings (SSSR count). The molecule has 0 aliphatic rings. The number of nitrogens with one attached hydrogen (secondary N) is 1. The summed E-state index contributed by atoms with van der Waals surface area (Å²) < 4.78 is 43.7. The minimum Gasteiger partial charge on any atom is -0.403 e. The summed E-state index contributed by atoms with van der Waals surface area (Å²) in [5, 5.41) is 9.88. The van der Waals surface area contributed by atoms with Gasteiger partial charge in [-0.25, -0.2) is 0 Å². The van der Waals surface area contributed by atoms with Crippen LogP contribution in [0, 0.1) is 3.57 Å². The number of hydrogen-bond donors (Lipinski definition) is 1. The van der Waals surface area contributed by atoms with Crippen molar-refractivity contribution >= 4 is 34.5 Å². The Balaban J connectivity index is 1.76. The van der Waals surface area contributed by atoms with E-state index in [0.29, 0.717) is 11.1 Å². The average Bonchev–Trinajstić information content (AvgIpc) is 3.03. The molecule has 2 aromatic carbocycles. The lowest BCUT2D eigenvalue weighted by molar-refractivity contribution is -0.137.